The molecule has 1 aliphatic rings. The molecule has 1 aromatic heterocycles. The van der Waals surface area contributed by atoms with Crippen molar-refractivity contribution in [3.63, 3.8) is 0 Å². The first-order valence-corrected chi connectivity index (χ1v) is 7.59. The zero-order valence-corrected chi connectivity index (χ0v) is 12.3. The number of rotatable bonds is 2. The molecule has 106 valence electrons. The standard InChI is InChI=1S/C17H22N2O/c1-12-6-5-9-19(10-12)11-15-13(2)18-16-8-4-3-7-14(16)17(15)20/h3-4,7-8,12H,5-6,9-11H2,1-2H3,(H,18,20)/p+1. The van der Waals surface area contributed by atoms with E-state index in [1.807, 2.05) is 31.2 Å². The molecule has 0 saturated carbocycles. The number of aromatic nitrogens is 1. The lowest BCUT2D eigenvalue weighted by Crippen LogP contribution is -3.12. The summed E-state index contributed by atoms with van der Waals surface area (Å²) in [5, 5.41) is 0.817. The number of likely N-dealkylation sites (tertiary alicyclic amines) is 1. The molecule has 0 bridgehead atoms. The van der Waals surface area contributed by atoms with Gasteiger partial charge in [0.1, 0.15) is 6.54 Å². The van der Waals surface area contributed by atoms with Crippen LogP contribution in [0.1, 0.15) is 31.0 Å². The quantitative estimate of drug-likeness (QED) is 0.856. The predicted octanol–water partition coefficient (Wildman–Crippen LogP) is 1.65. The minimum Gasteiger partial charge on any atom is -0.358 e. The largest absolute Gasteiger partial charge is 0.358 e. The van der Waals surface area contributed by atoms with Crippen LogP contribution in [0, 0.1) is 12.8 Å². The van der Waals surface area contributed by atoms with Gasteiger partial charge < -0.3 is 9.88 Å². The van der Waals surface area contributed by atoms with Crippen molar-refractivity contribution in [3.05, 3.63) is 45.7 Å². The molecule has 0 aliphatic carbocycles. The topological polar surface area (TPSA) is 37.3 Å². The summed E-state index contributed by atoms with van der Waals surface area (Å²) in [5.74, 6) is 0.776. The van der Waals surface area contributed by atoms with Crippen molar-refractivity contribution in [3.8, 4) is 0 Å². The van der Waals surface area contributed by atoms with E-state index in [0.29, 0.717) is 0 Å². The normalized spacial score (nSPS) is 23.1. The van der Waals surface area contributed by atoms with E-state index in [1.54, 1.807) is 4.90 Å². The lowest BCUT2D eigenvalue weighted by atomic mass is 9.99. The maximum Gasteiger partial charge on any atom is 0.198 e. The molecular formula is C17H23N2O+. The summed E-state index contributed by atoms with van der Waals surface area (Å²) in [6.45, 7) is 7.57. The van der Waals surface area contributed by atoms with Crippen molar-refractivity contribution in [2.45, 2.75) is 33.2 Å². The number of fused-ring (bicyclic) bond motifs is 1. The Balaban J connectivity index is 1.97. The lowest BCUT2D eigenvalue weighted by Gasteiger charge is -2.28. The highest BCUT2D eigenvalue weighted by molar-refractivity contribution is 5.79. The predicted molar refractivity (Wildman–Crippen MR) is 82.1 cm³/mol. The lowest BCUT2D eigenvalue weighted by molar-refractivity contribution is -0.922. The van der Waals surface area contributed by atoms with E-state index in [4.69, 9.17) is 0 Å². The number of H-pyrrole nitrogens is 1. The van der Waals surface area contributed by atoms with Gasteiger partial charge in [0.05, 0.1) is 18.7 Å². The number of aryl methyl sites for hydroxylation is 1. The molecule has 3 rings (SSSR count). The van der Waals surface area contributed by atoms with Gasteiger partial charge in [-0.15, -0.1) is 0 Å². The van der Waals surface area contributed by atoms with Crippen LogP contribution in [0.3, 0.4) is 0 Å². The Labute approximate surface area is 119 Å². The molecule has 3 nitrogen and oxygen atoms in total. The third kappa shape index (κ3) is 2.50. The van der Waals surface area contributed by atoms with Crippen molar-refractivity contribution in [2.75, 3.05) is 13.1 Å². The number of quaternary nitrogens is 1. The van der Waals surface area contributed by atoms with Gasteiger partial charge >= 0.3 is 0 Å². The van der Waals surface area contributed by atoms with Crippen LogP contribution in [0.2, 0.25) is 0 Å². The second kappa shape index (κ2) is 5.41. The van der Waals surface area contributed by atoms with Gasteiger partial charge in [-0.05, 0) is 31.9 Å². The van der Waals surface area contributed by atoms with E-state index in [1.165, 1.54) is 25.9 Å². The second-order valence-electron chi connectivity index (χ2n) is 6.23. The fraction of sp³-hybridized carbons (Fsp3) is 0.471. The average molecular weight is 271 g/mol. The maximum absolute atomic E-state index is 12.7. The van der Waals surface area contributed by atoms with Gasteiger partial charge in [0.15, 0.2) is 5.43 Å². The molecule has 1 saturated heterocycles. The Morgan fingerprint density at radius 1 is 1.35 bits per heavy atom. The molecule has 0 spiro atoms. The molecule has 2 N–H and O–H groups in total. The Hall–Kier alpha value is -1.61. The molecule has 2 heterocycles. The number of nitrogens with one attached hydrogen (secondary N) is 2. The van der Waals surface area contributed by atoms with Crippen molar-refractivity contribution in [1.29, 1.82) is 0 Å². The van der Waals surface area contributed by atoms with Crippen molar-refractivity contribution >= 4 is 10.9 Å². The van der Waals surface area contributed by atoms with Gasteiger partial charge in [0.25, 0.3) is 0 Å². The van der Waals surface area contributed by atoms with Crippen LogP contribution in [0.25, 0.3) is 10.9 Å². The fourth-order valence-corrected chi connectivity index (χ4v) is 3.42. The van der Waals surface area contributed by atoms with Crippen LogP contribution in [0.15, 0.2) is 29.1 Å². The number of benzene rings is 1. The fourth-order valence-electron chi connectivity index (χ4n) is 3.42. The summed E-state index contributed by atoms with van der Waals surface area (Å²) >= 11 is 0. The summed E-state index contributed by atoms with van der Waals surface area (Å²) < 4.78 is 0. The van der Waals surface area contributed by atoms with Gasteiger partial charge in [-0.1, -0.05) is 19.1 Å². The Kier molecular flexibility index (Phi) is 3.62. The molecule has 1 aromatic carbocycles. The van der Waals surface area contributed by atoms with Gasteiger partial charge in [-0.2, -0.15) is 0 Å². The number of para-hydroxylation sites is 1. The summed E-state index contributed by atoms with van der Waals surface area (Å²) in [4.78, 5) is 17.6. The Bertz CT molecular complexity index is 674. The smallest absolute Gasteiger partial charge is 0.198 e. The SMILES string of the molecule is Cc1[nH]c2ccccc2c(=O)c1C[NH+]1CCCC(C)C1. The van der Waals surface area contributed by atoms with Crippen LogP contribution in [0.4, 0.5) is 0 Å². The molecule has 2 atom stereocenters. The third-order valence-electron chi connectivity index (χ3n) is 4.51. The first kappa shape index (κ1) is 13.4. The highest BCUT2D eigenvalue weighted by Gasteiger charge is 2.22. The Morgan fingerprint density at radius 3 is 2.95 bits per heavy atom. The number of hydrogen-bond donors (Lipinski definition) is 2. The molecule has 20 heavy (non-hydrogen) atoms. The summed E-state index contributed by atoms with van der Waals surface area (Å²) in [5.41, 5.74) is 3.15. The molecule has 3 heteroatoms. The molecule has 0 radical (unpaired) electrons. The first-order chi connectivity index (χ1) is 9.65. The van der Waals surface area contributed by atoms with Gasteiger partial charge in [0, 0.05) is 22.5 Å². The molecule has 1 aliphatic heterocycles. The third-order valence-corrected chi connectivity index (χ3v) is 4.51. The van der Waals surface area contributed by atoms with Crippen molar-refractivity contribution < 1.29 is 4.90 Å². The van der Waals surface area contributed by atoms with Crippen LogP contribution < -0.4 is 10.3 Å². The van der Waals surface area contributed by atoms with Crippen LogP contribution in [0.5, 0.6) is 0 Å². The summed E-state index contributed by atoms with van der Waals surface area (Å²) in [6.07, 6.45) is 2.61. The maximum atomic E-state index is 12.7. The van der Waals surface area contributed by atoms with Crippen molar-refractivity contribution in [2.24, 2.45) is 5.92 Å². The minimum absolute atomic E-state index is 0.211. The Morgan fingerprint density at radius 2 is 2.15 bits per heavy atom. The molecule has 2 aromatic rings. The van der Waals surface area contributed by atoms with Crippen LogP contribution in [-0.4, -0.2) is 18.1 Å². The van der Waals surface area contributed by atoms with E-state index in [2.05, 4.69) is 11.9 Å². The zero-order valence-electron chi connectivity index (χ0n) is 12.3. The van der Waals surface area contributed by atoms with Gasteiger partial charge in [0.2, 0.25) is 0 Å². The van der Waals surface area contributed by atoms with Crippen LogP contribution >= 0.6 is 0 Å². The second-order valence-corrected chi connectivity index (χ2v) is 6.23. The number of pyridine rings is 1. The van der Waals surface area contributed by atoms with E-state index in [9.17, 15) is 4.79 Å². The van der Waals surface area contributed by atoms with E-state index in [-0.39, 0.29) is 5.43 Å². The summed E-state index contributed by atoms with van der Waals surface area (Å²) in [6, 6.07) is 7.80. The number of hydrogen-bond acceptors (Lipinski definition) is 1. The average Bonchev–Trinajstić information content (AvgIpc) is 2.43. The van der Waals surface area contributed by atoms with Crippen LogP contribution in [-0.2, 0) is 6.54 Å². The number of aromatic amines is 1. The van der Waals surface area contributed by atoms with Gasteiger partial charge in [-0.25, -0.2) is 0 Å². The molecule has 1 fully saturated rings. The highest BCUT2D eigenvalue weighted by Crippen LogP contribution is 2.11. The monoisotopic (exact) mass is 271 g/mol. The zero-order chi connectivity index (χ0) is 14.1. The summed E-state index contributed by atoms with van der Waals surface area (Å²) in [7, 11) is 0. The number of piperidine rings is 1. The molecule has 2 unspecified atom stereocenters. The van der Waals surface area contributed by atoms with E-state index >= 15 is 0 Å². The van der Waals surface area contributed by atoms with E-state index < -0.39 is 0 Å². The minimum atomic E-state index is 0.211. The molecule has 0 amide bonds. The highest BCUT2D eigenvalue weighted by atomic mass is 16.1. The molecular weight excluding hydrogens is 248 g/mol. The van der Waals surface area contributed by atoms with Gasteiger partial charge in [-0.3, -0.25) is 4.79 Å². The van der Waals surface area contributed by atoms with E-state index in [0.717, 1.165) is 34.6 Å². The first-order valence-electron chi connectivity index (χ1n) is 7.59. The van der Waals surface area contributed by atoms with Crippen molar-refractivity contribution in [1.82, 2.24) is 4.98 Å².